The van der Waals surface area contributed by atoms with E-state index in [9.17, 15) is 15.2 Å². The van der Waals surface area contributed by atoms with Gasteiger partial charge in [-0.15, -0.1) is 0 Å². The average Bonchev–Trinajstić information content (AvgIpc) is 2.72. The molecule has 0 amide bonds. The number of rotatable bonds is 3. The van der Waals surface area contributed by atoms with Crippen LogP contribution in [0.5, 0.6) is 5.75 Å². The summed E-state index contributed by atoms with van der Waals surface area (Å²) < 4.78 is 6.75. The molecule has 1 heterocycles. The van der Waals surface area contributed by atoms with Crippen LogP contribution in [0.25, 0.3) is 11.1 Å². The largest absolute Gasteiger partial charge is 0.508 e. The second-order valence-electron chi connectivity index (χ2n) is 4.62. The summed E-state index contributed by atoms with van der Waals surface area (Å²) in [6.45, 7) is 3.78. The molecule has 5 nitrogen and oxygen atoms in total. The topological polar surface area (TPSA) is 75.2 Å². The molecular weight excluding hydrogens is 268 g/mol. The Hall–Kier alpha value is -2.74. The highest BCUT2D eigenvalue weighted by Gasteiger charge is 2.25. The van der Waals surface area contributed by atoms with E-state index in [1.54, 1.807) is 37.6 Å². The zero-order valence-electron chi connectivity index (χ0n) is 12.2. The van der Waals surface area contributed by atoms with E-state index in [-0.39, 0.29) is 12.4 Å². The lowest BCUT2D eigenvalue weighted by molar-refractivity contribution is 0.0516. The predicted molar refractivity (Wildman–Crippen MR) is 77.9 cm³/mol. The number of ether oxygens (including phenoxy) is 1. The fourth-order valence-corrected chi connectivity index (χ4v) is 2.29. The van der Waals surface area contributed by atoms with E-state index in [4.69, 9.17) is 4.74 Å². The van der Waals surface area contributed by atoms with Gasteiger partial charge in [-0.2, -0.15) is 5.26 Å². The van der Waals surface area contributed by atoms with Gasteiger partial charge < -0.3 is 14.4 Å². The first-order valence-electron chi connectivity index (χ1n) is 6.57. The highest BCUT2D eigenvalue weighted by atomic mass is 16.5. The van der Waals surface area contributed by atoms with Gasteiger partial charge in [0.2, 0.25) is 0 Å². The summed E-state index contributed by atoms with van der Waals surface area (Å²) in [6, 6.07) is 8.54. The smallest absolute Gasteiger partial charge is 0.355 e. The Morgan fingerprint density at radius 1 is 1.38 bits per heavy atom. The van der Waals surface area contributed by atoms with E-state index in [1.165, 1.54) is 12.1 Å². The summed E-state index contributed by atoms with van der Waals surface area (Å²) in [6.07, 6.45) is 0. The van der Waals surface area contributed by atoms with E-state index in [0.29, 0.717) is 28.1 Å². The Labute approximate surface area is 123 Å². The Morgan fingerprint density at radius 3 is 2.52 bits per heavy atom. The summed E-state index contributed by atoms with van der Waals surface area (Å²) in [5.41, 5.74) is 2.71. The number of phenolic OH excluding ortho intramolecular Hbond substituents is 1. The van der Waals surface area contributed by atoms with Crippen molar-refractivity contribution in [2.24, 2.45) is 7.05 Å². The number of esters is 1. The van der Waals surface area contributed by atoms with Crippen LogP contribution in [0.3, 0.4) is 0 Å². The molecule has 0 fully saturated rings. The minimum atomic E-state index is -0.465. The van der Waals surface area contributed by atoms with Crippen molar-refractivity contribution in [2.45, 2.75) is 13.8 Å². The summed E-state index contributed by atoms with van der Waals surface area (Å²) in [7, 11) is 1.73. The molecule has 1 aromatic heterocycles. The summed E-state index contributed by atoms with van der Waals surface area (Å²) in [4.78, 5) is 12.2. The van der Waals surface area contributed by atoms with Gasteiger partial charge in [-0.1, -0.05) is 12.1 Å². The molecule has 0 saturated carbocycles. The maximum Gasteiger partial charge on any atom is 0.355 e. The van der Waals surface area contributed by atoms with Crippen LogP contribution in [0.15, 0.2) is 24.3 Å². The molecule has 0 spiro atoms. The predicted octanol–water partition coefficient (Wildman–Crippen LogP) is 2.75. The molecule has 0 saturated heterocycles. The number of aromatic nitrogens is 1. The van der Waals surface area contributed by atoms with Gasteiger partial charge in [-0.05, 0) is 31.5 Å². The highest BCUT2D eigenvalue weighted by Crippen LogP contribution is 2.33. The van der Waals surface area contributed by atoms with Gasteiger partial charge in [-0.3, -0.25) is 0 Å². The molecule has 0 radical (unpaired) electrons. The maximum absolute atomic E-state index is 12.2. The third kappa shape index (κ3) is 2.48. The van der Waals surface area contributed by atoms with Gasteiger partial charge in [0.05, 0.1) is 12.2 Å². The number of nitrogens with zero attached hydrogens (tertiary/aromatic N) is 2. The Morgan fingerprint density at radius 2 is 2.00 bits per heavy atom. The summed E-state index contributed by atoms with van der Waals surface area (Å²) in [5.74, 6) is -0.338. The van der Waals surface area contributed by atoms with E-state index < -0.39 is 5.97 Å². The van der Waals surface area contributed by atoms with Crippen molar-refractivity contribution in [1.29, 1.82) is 5.26 Å². The number of hydrogen-bond acceptors (Lipinski definition) is 4. The third-order valence-electron chi connectivity index (χ3n) is 3.42. The van der Waals surface area contributed by atoms with Crippen molar-refractivity contribution in [2.75, 3.05) is 6.61 Å². The van der Waals surface area contributed by atoms with Crippen molar-refractivity contribution in [1.82, 2.24) is 4.57 Å². The fourth-order valence-electron chi connectivity index (χ4n) is 2.29. The Kier molecular flexibility index (Phi) is 3.99. The number of benzene rings is 1. The average molecular weight is 284 g/mol. The van der Waals surface area contributed by atoms with Crippen molar-refractivity contribution in [3.8, 4) is 22.9 Å². The standard InChI is InChI=1S/C16H16N2O3/c1-4-21-16(20)15-14(11-5-7-12(19)8-6-11)13(9-17)10(2)18(15)3/h5-8,19H,4H2,1-3H3. The van der Waals surface area contributed by atoms with Crippen molar-refractivity contribution in [3.63, 3.8) is 0 Å². The third-order valence-corrected chi connectivity index (χ3v) is 3.42. The van der Waals surface area contributed by atoms with Gasteiger partial charge in [0.25, 0.3) is 0 Å². The molecule has 2 rings (SSSR count). The number of nitriles is 1. The van der Waals surface area contributed by atoms with Crippen LogP contribution in [-0.2, 0) is 11.8 Å². The van der Waals surface area contributed by atoms with Crippen LogP contribution < -0.4 is 0 Å². The quantitative estimate of drug-likeness (QED) is 0.879. The lowest BCUT2D eigenvalue weighted by Crippen LogP contribution is -2.11. The molecule has 0 aliphatic heterocycles. The molecular formula is C16H16N2O3. The van der Waals surface area contributed by atoms with E-state index in [0.717, 1.165) is 0 Å². The van der Waals surface area contributed by atoms with Gasteiger partial charge in [0.1, 0.15) is 17.5 Å². The minimum Gasteiger partial charge on any atom is -0.508 e. The Bertz CT molecular complexity index is 721. The first kappa shape index (κ1) is 14.7. The van der Waals surface area contributed by atoms with Gasteiger partial charge in [0.15, 0.2) is 0 Å². The first-order valence-corrected chi connectivity index (χ1v) is 6.57. The normalized spacial score (nSPS) is 10.2. The molecule has 0 aliphatic rings. The molecule has 2 aromatic rings. The number of carbonyl (C=O) groups excluding carboxylic acids is 1. The van der Waals surface area contributed by atoms with Gasteiger partial charge in [0, 0.05) is 18.3 Å². The van der Waals surface area contributed by atoms with E-state index in [1.807, 2.05) is 0 Å². The fraction of sp³-hybridized carbons (Fsp3) is 0.250. The lowest BCUT2D eigenvalue weighted by atomic mass is 10.0. The van der Waals surface area contributed by atoms with E-state index in [2.05, 4.69) is 6.07 Å². The molecule has 0 bridgehead atoms. The highest BCUT2D eigenvalue weighted by molar-refractivity contribution is 5.98. The molecule has 0 unspecified atom stereocenters. The van der Waals surface area contributed by atoms with Crippen LogP contribution in [-0.4, -0.2) is 22.2 Å². The van der Waals surface area contributed by atoms with Crippen molar-refractivity contribution in [3.05, 3.63) is 41.2 Å². The monoisotopic (exact) mass is 284 g/mol. The SMILES string of the molecule is CCOC(=O)c1c(-c2ccc(O)cc2)c(C#N)c(C)n1C. The second kappa shape index (κ2) is 5.71. The first-order chi connectivity index (χ1) is 10.0. The van der Waals surface area contributed by atoms with Crippen molar-refractivity contribution >= 4 is 5.97 Å². The van der Waals surface area contributed by atoms with Crippen LogP contribution in [0.4, 0.5) is 0 Å². The minimum absolute atomic E-state index is 0.127. The lowest BCUT2D eigenvalue weighted by Gasteiger charge is -2.08. The van der Waals surface area contributed by atoms with Crippen LogP contribution in [0.1, 0.15) is 28.7 Å². The van der Waals surface area contributed by atoms with Gasteiger partial charge in [-0.25, -0.2) is 4.79 Å². The molecule has 1 N–H and O–H groups in total. The number of hydrogen-bond donors (Lipinski definition) is 1. The molecule has 5 heteroatoms. The maximum atomic E-state index is 12.2. The Balaban J connectivity index is 2.73. The van der Waals surface area contributed by atoms with Crippen LogP contribution in [0.2, 0.25) is 0 Å². The van der Waals surface area contributed by atoms with Crippen molar-refractivity contribution < 1.29 is 14.6 Å². The molecule has 108 valence electrons. The molecule has 0 atom stereocenters. The zero-order valence-corrected chi connectivity index (χ0v) is 12.2. The molecule has 0 aliphatic carbocycles. The van der Waals surface area contributed by atoms with E-state index >= 15 is 0 Å². The van der Waals surface area contributed by atoms with Crippen LogP contribution in [0, 0.1) is 18.3 Å². The number of phenols is 1. The molecule has 21 heavy (non-hydrogen) atoms. The molecule has 1 aromatic carbocycles. The second-order valence-corrected chi connectivity index (χ2v) is 4.62. The zero-order chi connectivity index (χ0) is 15.6. The summed E-state index contributed by atoms with van der Waals surface area (Å²) >= 11 is 0. The number of carbonyl (C=O) groups is 1. The summed E-state index contributed by atoms with van der Waals surface area (Å²) in [5, 5.41) is 18.8. The van der Waals surface area contributed by atoms with Crippen LogP contribution >= 0.6 is 0 Å². The van der Waals surface area contributed by atoms with Gasteiger partial charge >= 0.3 is 5.97 Å². The number of aromatic hydroxyl groups is 1.